The number of carbonyl (C=O) groups is 3. The summed E-state index contributed by atoms with van der Waals surface area (Å²) in [6.45, 7) is 10.0. The normalized spacial score (nSPS) is 31.2. The van der Waals surface area contributed by atoms with E-state index in [1.807, 2.05) is 30.3 Å². The molecular formula is C27H40N4O3. The van der Waals surface area contributed by atoms with Crippen molar-refractivity contribution < 1.29 is 14.4 Å². The van der Waals surface area contributed by atoms with Gasteiger partial charge in [0.15, 0.2) is 0 Å². The zero-order valence-electron chi connectivity index (χ0n) is 20.8. The minimum absolute atomic E-state index is 0.0216. The first-order valence-electron chi connectivity index (χ1n) is 13.0. The van der Waals surface area contributed by atoms with E-state index < -0.39 is 12.1 Å². The number of carbonyl (C=O) groups excluding carboxylic acids is 3. The Morgan fingerprint density at radius 3 is 2.53 bits per heavy atom. The molecule has 3 amide bonds. The molecule has 0 radical (unpaired) electrons. The van der Waals surface area contributed by atoms with Crippen LogP contribution in [0.15, 0.2) is 30.3 Å². The average Bonchev–Trinajstić information content (AvgIpc) is 2.78. The molecule has 3 aliphatic heterocycles. The second kappa shape index (κ2) is 10.9. The number of benzene rings is 1. The lowest BCUT2D eigenvalue weighted by molar-refractivity contribution is -0.146. The van der Waals surface area contributed by atoms with Crippen molar-refractivity contribution in [2.75, 3.05) is 26.2 Å². The van der Waals surface area contributed by atoms with Gasteiger partial charge in [-0.2, -0.15) is 0 Å². The van der Waals surface area contributed by atoms with Crippen LogP contribution in [-0.4, -0.2) is 71.8 Å². The van der Waals surface area contributed by atoms with Crippen LogP contribution in [0, 0.1) is 17.8 Å². The van der Waals surface area contributed by atoms with Crippen molar-refractivity contribution in [3.63, 3.8) is 0 Å². The van der Waals surface area contributed by atoms with Crippen molar-refractivity contribution in [2.45, 2.75) is 71.0 Å². The molecule has 7 nitrogen and oxygen atoms in total. The highest BCUT2D eigenvalue weighted by Gasteiger charge is 2.44. The third-order valence-corrected chi connectivity index (χ3v) is 7.52. The van der Waals surface area contributed by atoms with E-state index in [1.54, 1.807) is 6.92 Å². The lowest BCUT2D eigenvalue weighted by Crippen LogP contribution is -2.63. The van der Waals surface area contributed by atoms with Crippen LogP contribution in [0.4, 0.5) is 0 Å². The number of hydrogen-bond donors (Lipinski definition) is 2. The van der Waals surface area contributed by atoms with Crippen LogP contribution < -0.4 is 10.6 Å². The molecule has 2 N–H and O–H groups in total. The van der Waals surface area contributed by atoms with Crippen molar-refractivity contribution in [1.82, 2.24) is 20.4 Å². The van der Waals surface area contributed by atoms with Gasteiger partial charge in [0.05, 0.1) is 0 Å². The van der Waals surface area contributed by atoms with Gasteiger partial charge in [0.1, 0.15) is 12.1 Å². The second-order valence-electron chi connectivity index (χ2n) is 11.0. The molecule has 3 aliphatic rings. The fourth-order valence-electron chi connectivity index (χ4n) is 6.14. The Morgan fingerprint density at radius 2 is 1.79 bits per heavy atom. The van der Waals surface area contributed by atoms with Crippen molar-refractivity contribution in [3.05, 3.63) is 35.9 Å². The molecule has 0 saturated carbocycles. The van der Waals surface area contributed by atoms with Gasteiger partial charge in [-0.05, 0) is 49.5 Å². The Morgan fingerprint density at radius 1 is 1.03 bits per heavy atom. The zero-order chi connectivity index (χ0) is 24.2. The molecule has 5 atom stereocenters. The molecule has 0 aliphatic carbocycles. The fraction of sp³-hybridized carbons (Fsp3) is 0.667. The maximum Gasteiger partial charge on any atom is 0.245 e. The summed E-state index contributed by atoms with van der Waals surface area (Å²) < 4.78 is 0. The molecule has 186 valence electrons. The summed E-state index contributed by atoms with van der Waals surface area (Å²) in [5.41, 5.74) is 1.02. The van der Waals surface area contributed by atoms with Gasteiger partial charge in [-0.1, -0.05) is 44.2 Å². The van der Waals surface area contributed by atoms with Gasteiger partial charge < -0.3 is 20.4 Å². The van der Waals surface area contributed by atoms with Crippen LogP contribution >= 0.6 is 0 Å². The van der Waals surface area contributed by atoms with E-state index in [-0.39, 0.29) is 23.8 Å². The third kappa shape index (κ3) is 5.98. The van der Waals surface area contributed by atoms with Gasteiger partial charge >= 0.3 is 0 Å². The second-order valence-corrected chi connectivity index (χ2v) is 11.0. The third-order valence-electron chi connectivity index (χ3n) is 7.52. The van der Waals surface area contributed by atoms with Crippen LogP contribution in [0.5, 0.6) is 0 Å². The first-order valence-corrected chi connectivity index (χ1v) is 13.0. The predicted octanol–water partition coefficient (Wildman–Crippen LogP) is 2.21. The molecule has 3 heterocycles. The van der Waals surface area contributed by atoms with Crippen molar-refractivity contribution in [1.29, 1.82) is 0 Å². The van der Waals surface area contributed by atoms with E-state index >= 15 is 0 Å². The quantitative estimate of drug-likeness (QED) is 0.710. The van der Waals surface area contributed by atoms with Crippen LogP contribution in [0.2, 0.25) is 0 Å². The van der Waals surface area contributed by atoms with Crippen molar-refractivity contribution in [2.24, 2.45) is 17.8 Å². The summed E-state index contributed by atoms with van der Waals surface area (Å²) in [6.07, 6.45) is 3.53. The highest BCUT2D eigenvalue weighted by molar-refractivity contribution is 5.92. The molecule has 7 heteroatoms. The first-order chi connectivity index (χ1) is 16.3. The number of rotatable bonds is 4. The topological polar surface area (TPSA) is 81.8 Å². The smallest absolute Gasteiger partial charge is 0.245 e. The first kappa shape index (κ1) is 24.7. The minimum atomic E-state index is -0.667. The molecule has 3 saturated heterocycles. The van der Waals surface area contributed by atoms with Crippen LogP contribution in [0.3, 0.4) is 0 Å². The lowest BCUT2D eigenvalue weighted by atomic mass is 9.77. The summed E-state index contributed by atoms with van der Waals surface area (Å²) in [5, 5.41) is 5.79. The molecule has 0 spiro atoms. The summed E-state index contributed by atoms with van der Waals surface area (Å²) in [5.74, 6) is 1.10. The van der Waals surface area contributed by atoms with Crippen LogP contribution in [0.25, 0.3) is 0 Å². The summed E-state index contributed by atoms with van der Waals surface area (Å²) >= 11 is 0. The molecule has 34 heavy (non-hydrogen) atoms. The molecule has 0 unspecified atom stereocenters. The van der Waals surface area contributed by atoms with Crippen LogP contribution in [0.1, 0.15) is 52.0 Å². The van der Waals surface area contributed by atoms with Crippen molar-refractivity contribution in [3.8, 4) is 0 Å². The maximum absolute atomic E-state index is 14.0. The lowest BCUT2D eigenvalue weighted by Gasteiger charge is -2.52. The molecule has 3 fully saturated rings. The van der Waals surface area contributed by atoms with E-state index in [4.69, 9.17) is 0 Å². The monoisotopic (exact) mass is 468 g/mol. The summed E-state index contributed by atoms with van der Waals surface area (Å²) in [7, 11) is 0. The van der Waals surface area contributed by atoms with E-state index in [9.17, 15) is 14.4 Å². The average molecular weight is 469 g/mol. The van der Waals surface area contributed by atoms with Gasteiger partial charge in [0.25, 0.3) is 0 Å². The Labute approximate surface area is 203 Å². The fourth-order valence-corrected chi connectivity index (χ4v) is 6.14. The van der Waals surface area contributed by atoms with E-state index in [0.717, 1.165) is 51.0 Å². The number of piperidine rings is 2. The molecule has 1 aromatic rings. The van der Waals surface area contributed by atoms with E-state index in [2.05, 4.69) is 34.3 Å². The molecule has 2 bridgehead atoms. The Bertz CT molecular complexity index is 874. The Kier molecular flexibility index (Phi) is 7.91. The number of fused-ring (bicyclic) bond motifs is 4. The highest BCUT2D eigenvalue weighted by atomic mass is 16.2. The zero-order valence-corrected chi connectivity index (χ0v) is 20.8. The van der Waals surface area contributed by atoms with Gasteiger partial charge in [-0.25, -0.2) is 0 Å². The van der Waals surface area contributed by atoms with Gasteiger partial charge in [-0.3, -0.25) is 14.4 Å². The minimum Gasteiger partial charge on any atom is -0.345 e. The van der Waals surface area contributed by atoms with Crippen molar-refractivity contribution >= 4 is 17.7 Å². The van der Waals surface area contributed by atoms with E-state index in [1.165, 1.54) is 0 Å². The predicted molar refractivity (Wildman–Crippen MR) is 132 cm³/mol. The van der Waals surface area contributed by atoms with Gasteiger partial charge in [0, 0.05) is 45.1 Å². The maximum atomic E-state index is 14.0. The van der Waals surface area contributed by atoms with Gasteiger partial charge in [-0.15, -0.1) is 0 Å². The van der Waals surface area contributed by atoms with Crippen LogP contribution in [-0.2, 0) is 20.8 Å². The number of likely N-dealkylation sites (tertiary alicyclic amines) is 1. The Hall–Kier alpha value is -2.41. The molecule has 1 aromatic carbocycles. The molecule has 4 rings (SSSR count). The Balaban J connectivity index is 1.61. The van der Waals surface area contributed by atoms with E-state index in [0.29, 0.717) is 30.6 Å². The number of nitrogens with zero attached hydrogens (tertiary/aromatic N) is 2. The standard InChI is InChI=1S/C27H40N4O3/c1-18(2)14-30-15-21-12-22(17-30)24-10-7-11-25(32)28-19(3)26(33)29-23(27(34)31(24)16-21)13-20-8-5-4-6-9-20/h4-6,8-9,18-19,21-24H,7,10-17H2,1-3H3,(H,28,32)(H,29,33)/t19-,21+,22-,23+,24+/m1/s1. The number of hydrogen-bond acceptors (Lipinski definition) is 4. The highest BCUT2D eigenvalue weighted by Crippen LogP contribution is 2.36. The SMILES string of the molecule is CC(C)CN1C[C@@H]2C[C@H](C1)[C@@H]1CCCC(=O)N[C@H](C)C(=O)N[C@@H](Cc3ccccc3)C(=O)N1C2. The van der Waals surface area contributed by atoms with Gasteiger partial charge in [0.2, 0.25) is 17.7 Å². The summed E-state index contributed by atoms with van der Waals surface area (Å²) in [6, 6.07) is 8.65. The molecule has 0 aromatic heterocycles. The number of nitrogens with one attached hydrogen (secondary N) is 2. The largest absolute Gasteiger partial charge is 0.345 e. The molecular weight excluding hydrogens is 428 g/mol. The summed E-state index contributed by atoms with van der Waals surface area (Å²) in [4.78, 5) is 44.0. The number of amides is 3.